The van der Waals surface area contributed by atoms with Crippen molar-refractivity contribution in [1.29, 1.82) is 0 Å². The quantitative estimate of drug-likeness (QED) is 0.450. The Labute approximate surface area is 191 Å². The second kappa shape index (κ2) is 9.80. The number of allylic oxidation sites excluding steroid dienone is 3. The molecule has 1 heterocycles. The number of ether oxygens (including phenoxy) is 3. The van der Waals surface area contributed by atoms with Crippen LogP contribution in [0.5, 0.6) is 11.5 Å². The van der Waals surface area contributed by atoms with Crippen LogP contribution in [0.15, 0.2) is 40.7 Å². The number of benzene rings is 1. The van der Waals surface area contributed by atoms with E-state index in [-0.39, 0.29) is 17.7 Å². The molecule has 1 atom stereocenters. The highest BCUT2D eigenvalue weighted by Gasteiger charge is 2.45. The Hall–Kier alpha value is -2.76. The first-order valence-corrected chi connectivity index (χ1v) is 11.4. The number of ketones is 1. The highest BCUT2D eigenvalue weighted by Crippen LogP contribution is 2.53. The van der Waals surface area contributed by atoms with E-state index in [0.29, 0.717) is 36.5 Å². The summed E-state index contributed by atoms with van der Waals surface area (Å²) in [4.78, 5) is 25.8. The number of Topliss-reactive ketones (excluding diaryl/α,β-unsaturated/α-hetero) is 1. The SMILES string of the molecule is CCCCCOC(=O)C1=C(C)NC2=C(C1c1ccc(OC)cc1OC)C(C)(C)CC(=O)C2. The van der Waals surface area contributed by atoms with Crippen LogP contribution in [0, 0.1) is 5.41 Å². The van der Waals surface area contributed by atoms with Crippen LogP contribution in [0.1, 0.15) is 71.3 Å². The summed E-state index contributed by atoms with van der Waals surface area (Å²) in [5, 5.41) is 3.37. The summed E-state index contributed by atoms with van der Waals surface area (Å²) < 4.78 is 16.8. The van der Waals surface area contributed by atoms with Crippen molar-refractivity contribution in [3.8, 4) is 11.5 Å². The number of hydrogen-bond donors (Lipinski definition) is 1. The molecule has 0 saturated carbocycles. The van der Waals surface area contributed by atoms with Crippen molar-refractivity contribution in [2.45, 2.75) is 65.7 Å². The Morgan fingerprint density at radius 1 is 1.19 bits per heavy atom. The topological polar surface area (TPSA) is 73.9 Å². The normalized spacial score (nSPS) is 19.9. The van der Waals surface area contributed by atoms with Crippen molar-refractivity contribution in [3.05, 3.63) is 46.3 Å². The summed E-state index contributed by atoms with van der Waals surface area (Å²) in [6.45, 7) is 8.51. The van der Waals surface area contributed by atoms with Gasteiger partial charge in [0.05, 0.1) is 26.4 Å². The van der Waals surface area contributed by atoms with Crippen LogP contribution >= 0.6 is 0 Å². The van der Waals surface area contributed by atoms with Crippen LogP contribution in [0.3, 0.4) is 0 Å². The highest BCUT2D eigenvalue weighted by molar-refractivity contribution is 5.94. The minimum absolute atomic E-state index is 0.195. The van der Waals surface area contributed by atoms with Gasteiger partial charge in [0.25, 0.3) is 0 Å². The van der Waals surface area contributed by atoms with Gasteiger partial charge in [-0.3, -0.25) is 4.79 Å². The minimum atomic E-state index is -0.415. The molecule has 1 N–H and O–H groups in total. The Bertz CT molecular complexity index is 957. The molecule has 3 rings (SSSR count). The fourth-order valence-electron chi connectivity index (χ4n) is 4.92. The fourth-order valence-corrected chi connectivity index (χ4v) is 4.92. The van der Waals surface area contributed by atoms with E-state index in [1.807, 2.05) is 25.1 Å². The van der Waals surface area contributed by atoms with Crippen molar-refractivity contribution < 1.29 is 23.8 Å². The number of dihydropyridines is 1. The number of hydrogen-bond acceptors (Lipinski definition) is 6. The lowest BCUT2D eigenvalue weighted by atomic mass is 9.64. The molecule has 1 aromatic carbocycles. The molecule has 32 heavy (non-hydrogen) atoms. The smallest absolute Gasteiger partial charge is 0.336 e. The van der Waals surface area contributed by atoms with Crippen LogP contribution in [-0.4, -0.2) is 32.6 Å². The van der Waals surface area contributed by atoms with E-state index in [4.69, 9.17) is 14.2 Å². The standard InChI is InChI=1S/C26H35NO5/c1-7-8-9-12-32-25(29)22-16(2)27-20-13-17(28)15-26(3,4)24(20)23(22)19-11-10-18(30-5)14-21(19)31-6/h10-11,14,23,27H,7-9,12-13,15H2,1-6H3. The molecule has 0 aromatic heterocycles. The Morgan fingerprint density at radius 3 is 2.59 bits per heavy atom. The lowest BCUT2D eigenvalue weighted by molar-refractivity contribution is -0.139. The van der Waals surface area contributed by atoms with Crippen LogP contribution in [-0.2, 0) is 14.3 Å². The summed E-state index contributed by atoms with van der Waals surface area (Å²) in [7, 11) is 3.22. The molecule has 0 bridgehead atoms. The van der Waals surface area contributed by atoms with E-state index in [0.717, 1.165) is 41.8 Å². The summed E-state index contributed by atoms with van der Waals surface area (Å²) in [5.74, 6) is 0.818. The molecule has 0 saturated heterocycles. The van der Waals surface area contributed by atoms with Gasteiger partial charge in [-0.05, 0) is 30.4 Å². The van der Waals surface area contributed by atoms with E-state index in [9.17, 15) is 9.59 Å². The molecule has 1 aromatic rings. The predicted octanol–water partition coefficient (Wildman–Crippen LogP) is 5.04. The third kappa shape index (κ3) is 4.69. The van der Waals surface area contributed by atoms with Gasteiger partial charge in [0, 0.05) is 41.8 Å². The van der Waals surface area contributed by atoms with E-state index in [1.54, 1.807) is 14.2 Å². The molecular weight excluding hydrogens is 406 g/mol. The average molecular weight is 442 g/mol. The van der Waals surface area contributed by atoms with Gasteiger partial charge in [-0.1, -0.05) is 39.7 Å². The van der Waals surface area contributed by atoms with Crippen molar-refractivity contribution >= 4 is 11.8 Å². The van der Waals surface area contributed by atoms with Gasteiger partial charge in [0.1, 0.15) is 17.3 Å². The van der Waals surface area contributed by atoms with Crippen LogP contribution < -0.4 is 14.8 Å². The summed E-state index contributed by atoms with van der Waals surface area (Å²) >= 11 is 0. The van der Waals surface area contributed by atoms with E-state index in [1.165, 1.54) is 0 Å². The molecule has 0 radical (unpaired) electrons. The van der Waals surface area contributed by atoms with Gasteiger partial charge in [-0.25, -0.2) is 4.79 Å². The van der Waals surface area contributed by atoms with Gasteiger partial charge < -0.3 is 19.5 Å². The van der Waals surface area contributed by atoms with Crippen LogP contribution in [0.4, 0.5) is 0 Å². The number of methoxy groups -OCH3 is 2. The zero-order chi connectivity index (χ0) is 23.5. The van der Waals surface area contributed by atoms with Gasteiger partial charge in [0.15, 0.2) is 0 Å². The van der Waals surface area contributed by atoms with Crippen molar-refractivity contribution in [2.75, 3.05) is 20.8 Å². The first-order chi connectivity index (χ1) is 15.2. The zero-order valence-corrected chi connectivity index (χ0v) is 20.1. The third-order valence-electron chi connectivity index (χ3n) is 6.34. The van der Waals surface area contributed by atoms with Crippen molar-refractivity contribution in [1.82, 2.24) is 5.32 Å². The molecule has 6 heteroatoms. The number of carbonyl (C=O) groups excluding carboxylic acids is 2. The van der Waals surface area contributed by atoms with Gasteiger partial charge in [-0.2, -0.15) is 0 Å². The largest absolute Gasteiger partial charge is 0.497 e. The number of nitrogens with one attached hydrogen (secondary N) is 1. The number of rotatable bonds is 8. The predicted molar refractivity (Wildman–Crippen MR) is 124 cm³/mol. The maximum atomic E-state index is 13.4. The summed E-state index contributed by atoms with van der Waals surface area (Å²) in [6.07, 6.45) is 3.69. The molecule has 174 valence electrons. The zero-order valence-electron chi connectivity index (χ0n) is 20.1. The molecule has 1 aliphatic heterocycles. The highest BCUT2D eigenvalue weighted by atomic mass is 16.5. The molecule has 2 aliphatic rings. The lowest BCUT2D eigenvalue weighted by Gasteiger charge is -2.43. The minimum Gasteiger partial charge on any atom is -0.497 e. The van der Waals surface area contributed by atoms with Crippen molar-refractivity contribution in [2.24, 2.45) is 5.41 Å². The second-order valence-electron chi connectivity index (χ2n) is 9.22. The third-order valence-corrected chi connectivity index (χ3v) is 6.34. The van der Waals surface area contributed by atoms with E-state index >= 15 is 0 Å². The number of unbranched alkanes of at least 4 members (excludes halogenated alkanes) is 2. The van der Waals surface area contributed by atoms with Gasteiger partial charge in [-0.15, -0.1) is 0 Å². The van der Waals surface area contributed by atoms with Crippen LogP contribution in [0.2, 0.25) is 0 Å². The Kier molecular flexibility index (Phi) is 7.32. The molecule has 0 spiro atoms. The molecule has 0 amide bonds. The first kappa shape index (κ1) is 23.9. The maximum absolute atomic E-state index is 13.4. The van der Waals surface area contributed by atoms with E-state index < -0.39 is 5.41 Å². The second-order valence-corrected chi connectivity index (χ2v) is 9.22. The summed E-state index contributed by atoms with van der Waals surface area (Å²) in [6, 6.07) is 5.65. The average Bonchev–Trinajstić information content (AvgIpc) is 2.74. The van der Waals surface area contributed by atoms with Gasteiger partial charge in [0.2, 0.25) is 0 Å². The Balaban J connectivity index is 2.13. The maximum Gasteiger partial charge on any atom is 0.336 e. The molecular formula is C26H35NO5. The molecule has 0 fully saturated rings. The number of carbonyl (C=O) groups is 2. The number of esters is 1. The molecule has 1 unspecified atom stereocenters. The molecule has 1 aliphatic carbocycles. The lowest BCUT2D eigenvalue weighted by Crippen LogP contribution is -2.39. The van der Waals surface area contributed by atoms with E-state index in [2.05, 4.69) is 26.1 Å². The summed E-state index contributed by atoms with van der Waals surface area (Å²) in [5.41, 5.74) is 3.68. The van der Waals surface area contributed by atoms with Gasteiger partial charge >= 0.3 is 5.97 Å². The molecule has 6 nitrogen and oxygen atoms in total. The first-order valence-electron chi connectivity index (χ1n) is 11.4. The monoisotopic (exact) mass is 441 g/mol. The van der Waals surface area contributed by atoms with Crippen LogP contribution in [0.25, 0.3) is 0 Å². The van der Waals surface area contributed by atoms with Crippen molar-refractivity contribution in [3.63, 3.8) is 0 Å². The Morgan fingerprint density at radius 2 is 1.94 bits per heavy atom. The fraction of sp³-hybridized carbons (Fsp3) is 0.538.